The Morgan fingerprint density at radius 3 is 2.79 bits per heavy atom. The summed E-state index contributed by atoms with van der Waals surface area (Å²) in [5.41, 5.74) is 3.41. The average molecular weight is 276 g/mol. The zero-order valence-corrected chi connectivity index (χ0v) is 11.0. The van der Waals surface area contributed by atoms with E-state index in [-0.39, 0.29) is 11.5 Å². The molecule has 0 spiro atoms. The third-order valence-corrected chi connectivity index (χ3v) is 3.27. The first-order chi connectivity index (χ1) is 9.08. The van der Waals surface area contributed by atoms with E-state index in [1.54, 1.807) is 0 Å². The van der Waals surface area contributed by atoms with Gasteiger partial charge in [-0.2, -0.15) is 0 Å². The number of rotatable bonds is 4. The Kier molecular flexibility index (Phi) is 3.98. The molecule has 6 nitrogen and oxygen atoms in total. The van der Waals surface area contributed by atoms with Gasteiger partial charge in [0.05, 0.1) is 11.0 Å². The summed E-state index contributed by atoms with van der Waals surface area (Å²) in [6.07, 6.45) is 0. The van der Waals surface area contributed by atoms with E-state index in [2.05, 4.69) is 10.4 Å². The van der Waals surface area contributed by atoms with Crippen molar-refractivity contribution in [2.45, 2.75) is 16.8 Å². The van der Waals surface area contributed by atoms with Crippen LogP contribution in [-0.4, -0.2) is 9.91 Å². The standard InChI is InChI=1S/C12H12N4O2S/c1-8-3-2-4-10(5-8)19-12-7-9(16(17)18)6-11(14-12)15-13/h2-7H,13H2,1H3,(H,14,15). The van der Waals surface area contributed by atoms with Crippen molar-refractivity contribution in [3.8, 4) is 0 Å². The number of nitrogens with zero attached hydrogens (tertiary/aromatic N) is 2. The van der Waals surface area contributed by atoms with Gasteiger partial charge in [-0.15, -0.1) is 0 Å². The molecular weight excluding hydrogens is 264 g/mol. The largest absolute Gasteiger partial charge is 0.308 e. The summed E-state index contributed by atoms with van der Waals surface area (Å²) in [6.45, 7) is 1.98. The van der Waals surface area contributed by atoms with E-state index in [4.69, 9.17) is 5.84 Å². The Labute approximate surface area is 114 Å². The molecule has 0 saturated carbocycles. The monoisotopic (exact) mass is 276 g/mol. The van der Waals surface area contributed by atoms with Gasteiger partial charge in [0.1, 0.15) is 10.8 Å². The van der Waals surface area contributed by atoms with Crippen LogP contribution >= 0.6 is 11.8 Å². The average Bonchev–Trinajstić information content (AvgIpc) is 2.38. The maximum atomic E-state index is 10.8. The van der Waals surface area contributed by atoms with Crippen LogP contribution in [0, 0.1) is 17.0 Å². The lowest BCUT2D eigenvalue weighted by atomic mass is 10.2. The molecule has 1 aromatic carbocycles. The number of hydrazine groups is 1. The lowest BCUT2D eigenvalue weighted by Gasteiger charge is -2.05. The van der Waals surface area contributed by atoms with E-state index in [9.17, 15) is 10.1 Å². The Morgan fingerprint density at radius 2 is 2.16 bits per heavy atom. The molecule has 0 bridgehead atoms. The van der Waals surface area contributed by atoms with Crippen molar-refractivity contribution in [2.75, 3.05) is 5.43 Å². The van der Waals surface area contributed by atoms with Gasteiger partial charge in [-0.25, -0.2) is 10.8 Å². The fourth-order valence-corrected chi connectivity index (χ4v) is 2.48. The minimum absolute atomic E-state index is 0.0434. The lowest BCUT2D eigenvalue weighted by molar-refractivity contribution is -0.385. The van der Waals surface area contributed by atoms with Gasteiger partial charge in [0.2, 0.25) is 0 Å². The number of hydrogen-bond acceptors (Lipinski definition) is 6. The van der Waals surface area contributed by atoms with Crippen LogP contribution < -0.4 is 11.3 Å². The van der Waals surface area contributed by atoms with Crippen LogP contribution in [0.3, 0.4) is 0 Å². The molecule has 0 saturated heterocycles. The molecule has 0 aliphatic carbocycles. The number of nitrogens with one attached hydrogen (secondary N) is 1. The highest BCUT2D eigenvalue weighted by molar-refractivity contribution is 7.99. The maximum Gasteiger partial charge on any atom is 0.275 e. The van der Waals surface area contributed by atoms with Gasteiger partial charge < -0.3 is 5.43 Å². The van der Waals surface area contributed by atoms with E-state index in [0.717, 1.165) is 10.5 Å². The molecule has 7 heteroatoms. The molecule has 2 aromatic rings. The maximum absolute atomic E-state index is 10.8. The first kappa shape index (κ1) is 13.3. The summed E-state index contributed by atoms with van der Waals surface area (Å²) in [6, 6.07) is 10.5. The van der Waals surface area contributed by atoms with Crippen molar-refractivity contribution in [3.63, 3.8) is 0 Å². The number of hydrogen-bond donors (Lipinski definition) is 2. The van der Waals surface area contributed by atoms with Crippen LogP contribution in [0.2, 0.25) is 0 Å². The SMILES string of the molecule is Cc1cccc(Sc2cc([N+](=O)[O-])cc(NN)n2)c1. The van der Waals surface area contributed by atoms with E-state index < -0.39 is 4.92 Å². The molecule has 0 aliphatic rings. The van der Waals surface area contributed by atoms with Crippen molar-refractivity contribution in [1.29, 1.82) is 0 Å². The number of nitrogens with two attached hydrogens (primary N) is 1. The third kappa shape index (κ3) is 3.43. The van der Waals surface area contributed by atoms with Gasteiger partial charge in [0.15, 0.2) is 0 Å². The number of aryl methyl sites for hydroxylation is 1. The molecule has 0 amide bonds. The van der Waals surface area contributed by atoms with Gasteiger partial charge in [-0.05, 0) is 19.1 Å². The van der Waals surface area contributed by atoms with E-state index in [1.807, 2.05) is 31.2 Å². The fraction of sp³-hybridized carbons (Fsp3) is 0.0833. The molecule has 0 unspecified atom stereocenters. The number of nitrogen functional groups attached to an aromatic ring is 1. The predicted octanol–water partition coefficient (Wildman–Crippen LogP) is 2.74. The molecule has 1 aromatic heterocycles. The van der Waals surface area contributed by atoms with Gasteiger partial charge in [-0.3, -0.25) is 10.1 Å². The third-order valence-electron chi connectivity index (χ3n) is 2.36. The molecule has 0 aliphatic heterocycles. The molecule has 3 N–H and O–H groups in total. The normalized spacial score (nSPS) is 10.2. The molecule has 0 radical (unpaired) electrons. The number of pyridine rings is 1. The fourth-order valence-electron chi connectivity index (χ4n) is 1.52. The Balaban J connectivity index is 2.34. The second kappa shape index (κ2) is 5.68. The molecule has 1 heterocycles. The molecule has 19 heavy (non-hydrogen) atoms. The van der Waals surface area contributed by atoms with Crippen LogP contribution in [0.25, 0.3) is 0 Å². The van der Waals surface area contributed by atoms with Gasteiger partial charge in [0, 0.05) is 11.0 Å². The predicted molar refractivity (Wildman–Crippen MR) is 74.0 cm³/mol. The summed E-state index contributed by atoms with van der Waals surface area (Å²) in [5, 5.41) is 11.3. The van der Waals surface area contributed by atoms with Crippen LogP contribution in [0.4, 0.5) is 11.5 Å². The zero-order chi connectivity index (χ0) is 13.8. The smallest absolute Gasteiger partial charge is 0.275 e. The van der Waals surface area contributed by atoms with Crippen LogP contribution in [-0.2, 0) is 0 Å². The van der Waals surface area contributed by atoms with Crippen LogP contribution in [0.1, 0.15) is 5.56 Å². The minimum atomic E-state index is -0.469. The topological polar surface area (TPSA) is 94.1 Å². The van der Waals surface area contributed by atoms with Gasteiger partial charge in [-0.1, -0.05) is 29.5 Å². The highest BCUT2D eigenvalue weighted by atomic mass is 32.2. The quantitative estimate of drug-likeness (QED) is 0.506. The summed E-state index contributed by atoms with van der Waals surface area (Å²) >= 11 is 1.35. The molecular formula is C12H12N4O2S. The van der Waals surface area contributed by atoms with Crippen molar-refractivity contribution in [3.05, 3.63) is 52.1 Å². The number of benzene rings is 1. The molecule has 98 valence electrons. The summed E-state index contributed by atoms with van der Waals surface area (Å²) < 4.78 is 0. The number of aromatic nitrogens is 1. The highest BCUT2D eigenvalue weighted by Gasteiger charge is 2.11. The van der Waals surface area contributed by atoms with Gasteiger partial charge >= 0.3 is 0 Å². The van der Waals surface area contributed by atoms with E-state index in [1.165, 1.54) is 23.9 Å². The van der Waals surface area contributed by atoms with Crippen molar-refractivity contribution >= 4 is 23.3 Å². The number of anilines is 1. The number of nitro groups is 1. The lowest BCUT2D eigenvalue weighted by Crippen LogP contribution is -2.09. The minimum Gasteiger partial charge on any atom is -0.308 e. The van der Waals surface area contributed by atoms with Crippen LogP contribution in [0.15, 0.2) is 46.3 Å². The van der Waals surface area contributed by atoms with Crippen LogP contribution in [0.5, 0.6) is 0 Å². The Hall–Kier alpha value is -2.12. The van der Waals surface area contributed by atoms with Crippen molar-refractivity contribution in [1.82, 2.24) is 4.98 Å². The van der Waals surface area contributed by atoms with Gasteiger partial charge in [0.25, 0.3) is 5.69 Å². The first-order valence-corrected chi connectivity index (χ1v) is 6.28. The summed E-state index contributed by atoms with van der Waals surface area (Å²) in [4.78, 5) is 15.5. The van der Waals surface area contributed by atoms with Crippen molar-refractivity contribution < 1.29 is 4.92 Å². The zero-order valence-electron chi connectivity index (χ0n) is 10.2. The Bertz CT molecular complexity index is 618. The molecule has 0 atom stereocenters. The van der Waals surface area contributed by atoms with E-state index >= 15 is 0 Å². The summed E-state index contributed by atoms with van der Waals surface area (Å²) in [5.74, 6) is 5.53. The molecule has 0 fully saturated rings. The van der Waals surface area contributed by atoms with E-state index in [0.29, 0.717) is 5.03 Å². The molecule has 2 rings (SSSR count). The second-order valence-corrected chi connectivity index (χ2v) is 4.96. The summed E-state index contributed by atoms with van der Waals surface area (Å²) in [7, 11) is 0. The van der Waals surface area contributed by atoms with Crippen molar-refractivity contribution in [2.24, 2.45) is 5.84 Å². The highest BCUT2D eigenvalue weighted by Crippen LogP contribution is 2.30. The second-order valence-electron chi connectivity index (χ2n) is 3.87. The Morgan fingerprint density at radius 1 is 1.37 bits per heavy atom. The first-order valence-electron chi connectivity index (χ1n) is 5.46.